The first-order chi connectivity index (χ1) is 3.31. The Hall–Kier alpha value is 1.11. The summed E-state index contributed by atoms with van der Waals surface area (Å²) in [6.07, 6.45) is 0.965. The molecule has 0 spiro atoms. The number of alkyl halides is 2. The summed E-state index contributed by atoms with van der Waals surface area (Å²) in [5.41, 5.74) is 0. The summed E-state index contributed by atoms with van der Waals surface area (Å²) in [5, 5.41) is 1.51. The summed E-state index contributed by atoms with van der Waals surface area (Å²) in [6, 6.07) is 0. The number of halogens is 2. The van der Waals surface area contributed by atoms with Crippen molar-refractivity contribution in [1.82, 2.24) is 0 Å². The van der Waals surface area contributed by atoms with Gasteiger partial charge in [0.25, 0.3) is 0 Å². The standard InChI is InChI=1S/C4H7Cl2.Al.2H/c1-4(6)2-3-5;;;/h4H,1-3H2;;;. The van der Waals surface area contributed by atoms with E-state index in [-0.39, 0.29) is 0 Å². The fourth-order valence-electron chi connectivity index (χ4n) is 0.323. The second-order valence-electron chi connectivity index (χ2n) is 1.48. The van der Waals surface area contributed by atoms with Crippen LogP contribution in [0.25, 0.3) is 0 Å². The lowest BCUT2D eigenvalue weighted by Gasteiger charge is -1.98. The van der Waals surface area contributed by atoms with E-state index in [1.807, 2.05) is 0 Å². The molecule has 0 amide bonds. The van der Waals surface area contributed by atoms with E-state index in [1.165, 1.54) is 16.3 Å². The van der Waals surface area contributed by atoms with Crippen molar-refractivity contribution in [3.05, 3.63) is 0 Å². The van der Waals surface area contributed by atoms with E-state index >= 15 is 0 Å². The molecule has 3 heteroatoms. The molecule has 0 radical (unpaired) electrons. The van der Waals surface area contributed by atoms with Crippen LogP contribution in [0.3, 0.4) is 0 Å². The SMILES string of the molecule is [AlH2][CH2]C(Cl)CCCl. The van der Waals surface area contributed by atoms with Crippen LogP contribution in [0.2, 0.25) is 5.28 Å². The molecule has 0 aromatic carbocycles. The number of hydrogen-bond donors (Lipinski definition) is 0. The average Bonchev–Trinajstić information content (AvgIpc) is 1.68. The molecule has 0 aliphatic heterocycles. The molecule has 0 aromatic heterocycles. The van der Waals surface area contributed by atoms with Crippen LogP contribution < -0.4 is 0 Å². The van der Waals surface area contributed by atoms with Gasteiger partial charge in [0.1, 0.15) is 0 Å². The Bertz CT molecular complexity index is 40.7. The topological polar surface area (TPSA) is 0 Å². The third-order valence-electron chi connectivity index (χ3n) is 0.865. The van der Waals surface area contributed by atoms with Crippen LogP contribution in [-0.4, -0.2) is 27.5 Å². The highest BCUT2D eigenvalue weighted by atomic mass is 35.5. The number of rotatable bonds is 3. The minimum Gasteiger partial charge on any atom is -0.127 e. The molecule has 0 saturated heterocycles. The maximum Gasteiger partial charge on any atom is 0.214 e. The van der Waals surface area contributed by atoms with E-state index in [9.17, 15) is 0 Å². The first-order valence-corrected chi connectivity index (χ1v) is 4.89. The number of hydrogen-bond acceptors (Lipinski definition) is 0. The predicted molar refractivity (Wildman–Crippen MR) is 38.3 cm³/mol. The van der Waals surface area contributed by atoms with Gasteiger partial charge in [-0.2, -0.15) is 0 Å². The van der Waals surface area contributed by atoms with Crippen molar-refractivity contribution in [3.63, 3.8) is 0 Å². The van der Waals surface area contributed by atoms with Crippen LogP contribution in [0.15, 0.2) is 0 Å². The highest BCUT2D eigenvalue weighted by Crippen LogP contribution is 2.05. The fourth-order valence-corrected chi connectivity index (χ4v) is 1.21. The average molecular weight is 155 g/mol. The molecule has 0 heterocycles. The quantitative estimate of drug-likeness (QED) is 0.425. The molecule has 0 saturated carbocycles. The van der Waals surface area contributed by atoms with Gasteiger partial charge in [-0.1, -0.05) is 5.28 Å². The minimum atomic E-state index is 0.351. The van der Waals surface area contributed by atoms with Crippen LogP contribution in [0.4, 0.5) is 0 Å². The van der Waals surface area contributed by atoms with Crippen molar-refractivity contribution < 1.29 is 0 Å². The van der Waals surface area contributed by atoms with Crippen LogP contribution in [0, 0.1) is 0 Å². The maximum atomic E-state index is 5.72. The summed E-state index contributed by atoms with van der Waals surface area (Å²) in [6.45, 7) is 0. The van der Waals surface area contributed by atoms with Gasteiger partial charge in [-0.15, -0.1) is 23.2 Å². The molecule has 0 N–H and O–H groups in total. The maximum absolute atomic E-state index is 5.72. The molecule has 0 rings (SSSR count). The molecule has 42 valence electrons. The van der Waals surface area contributed by atoms with E-state index in [2.05, 4.69) is 0 Å². The van der Waals surface area contributed by atoms with Gasteiger partial charge in [0.05, 0.1) is 0 Å². The largest absolute Gasteiger partial charge is 0.214 e. The molecule has 0 aliphatic carbocycles. The van der Waals surface area contributed by atoms with Crippen molar-refractivity contribution in [1.29, 1.82) is 0 Å². The minimum absolute atomic E-state index is 0.351. The zero-order chi connectivity index (χ0) is 5.70. The third kappa shape index (κ3) is 4.98. The summed E-state index contributed by atoms with van der Waals surface area (Å²) < 4.78 is 0. The monoisotopic (exact) mass is 154 g/mol. The van der Waals surface area contributed by atoms with Crippen molar-refractivity contribution in [2.45, 2.75) is 17.1 Å². The molecule has 0 aromatic rings. The van der Waals surface area contributed by atoms with E-state index in [4.69, 9.17) is 23.2 Å². The molecule has 0 fully saturated rings. The molecule has 0 aliphatic rings. The highest BCUT2D eigenvalue weighted by Gasteiger charge is 1.96. The second kappa shape index (κ2) is 5.25. The third-order valence-corrected chi connectivity index (χ3v) is 3.11. The van der Waals surface area contributed by atoms with Gasteiger partial charge in [0, 0.05) is 11.3 Å². The van der Waals surface area contributed by atoms with E-state index in [0.717, 1.165) is 11.7 Å². The van der Waals surface area contributed by atoms with Gasteiger partial charge in [0.15, 0.2) is 0 Å². The van der Waals surface area contributed by atoms with Gasteiger partial charge in [-0.3, -0.25) is 0 Å². The first kappa shape index (κ1) is 8.11. The fraction of sp³-hybridized carbons (Fsp3) is 1.00. The van der Waals surface area contributed by atoms with Gasteiger partial charge in [0.2, 0.25) is 16.3 Å². The Morgan fingerprint density at radius 1 is 1.57 bits per heavy atom. The Morgan fingerprint density at radius 2 is 2.14 bits per heavy atom. The Balaban J connectivity index is 2.83. The summed E-state index contributed by atoms with van der Waals surface area (Å²) in [7, 11) is 0. The second-order valence-corrected chi connectivity index (χ2v) is 3.29. The summed E-state index contributed by atoms with van der Waals surface area (Å²) in [5.74, 6) is 0.705. The molecular formula is C4H9AlCl2. The van der Waals surface area contributed by atoms with Gasteiger partial charge in [-0.05, 0) is 6.42 Å². The lowest BCUT2D eigenvalue weighted by molar-refractivity contribution is 0.900. The van der Waals surface area contributed by atoms with Gasteiger partial charge < -0.3 is 0 Å². The summed E-state index contributed by atoms with van der Waals surface area (Å²) >= 11 is 12.3. The van der Waals surface area contributed by atoms with Crippen molar-refractivity contribution in [2.75, 3.05) is 5.88 Å². The Morgan fingerprint density at radius 3 is 2.29 bits per heavy atom. The summed E-state index contributed by atoms with van der Waals surface area (Å²) in [4.78, 5) is 0. The van der Waals surface area contributed by atoms with Crippen LogP contribution in [0.5, 0.6) is 0 Å². The molecule has 1 atom stereocenters. The molecule has 7 heavy (non-hydrogen) atoms. The first-order valence-electron chi connectivity index (χ1n) is 2.51. The van der Waals surface area contributed by atoms with Crippen LogP contribution >= 0.6 is 23.2 Å². The van der Waals surface area contributed by atoms with E-state index in [1.54, 1.807) is 0 Å². The van der Waals surface area contributed by atoms with Crippen molar-refractivity contribution in [2.24, 2.45) is 0 Å². The van der Waals surface area contributed by atoms with Crippen molar-refractivity contribution in [3.8, 4) is 0 Å². The van der Waals surface area contributed by atoms with Crippen molar-refractivity contribution >= 4 is 39.5 Å². The van der Waals surface area contributed by atoms with E-state index in [0.29, 0.717) is 11.3 Å². The Kier molecular flexibility index (Phi) is 6.09. The van der Waals surface area contributed by atoms with Crippen LogP contribution in [-0.2, 0) is 0 Å². The highest BCUT2D eigenvalue weighted by molar-refractivity contribution is 6.25. The lowest BCUT2D eigenvalue weighted by Crippen LogP contribution is -1.96. The zero-order valence-corrected chi connectivity index (χ0v) is 7.97. The molecule has 0 nitrogen and oxygen atoms in total. The Labute approximate surface area is 62.6 Å². The smallest absolute Gasteiger partial charge is 0.127 e. The molecular weight excluding hydrogens is 146 g/mol. The van der Waals surface area contributed by atoms with Gasteiger partial charge >= 0.3 is 0 Å². The lowest BCUT2D eigenvalue weighted by atomic mass is 10.4. The predicted octanol–water partition coefficient (Wildman–Crippen LogP) is 1.27. The normalized spacial score (nSPS) is 14.0. The van der Waals surface area contributed by atoms with Gasteiger partial charge in [-0.25, -0.2) is 0 Å². The van der Waals surface area contributed by atoms with Crippen LogP contribution in [0.1, 0.15) is 6.42 Å². The van der Waals surface area contributed by atoms with E-state index < -0.39 is 0 Å². The molecule has 1 unspecified atom stereocenters. The molecule has 0 bridgehead atoms. The zero-order valence-electron chi connectivity index (χ0n) is 4.45.